The second-order valence-corrected chi connectivity index (χ2v) is 4.95. The van der Waals surface area contributed by atoms with Crippen LogP contribution in [0.3, 0.4) is 0 Å². The summed E-state index contributed by atoms with van der Waals surface area (Å²) in [7, 11) is 0. The lowest BCUT2D eigenvalue weighted by molar-refractivity contribution is 0.294. The van der Waals surface area contributed by atoms with Crippen molar-refractivity contribution >= 4 is 27.5 Å². The fourth-order valence-electron chi connectivity index (χ4n) is 1.41. The average molecular weight is 332 g/mol. The second-order valence-electron chi connectivity index (χ2n) is 3.64. The SMILES string of the molecule is Cc1cc(Cl)nc(COc2cc(F)cc(Br)c2)n1. The van der Waals surface area contributed by atoms with Crippen LogP contribution in [-0.4, -0.2) is 9.97 Å². The number of rotatable bonds is 3. The molecule has 2 rings (SSSR count). The van der Waals surface area contributed by atoms with E-state index in [1.165, 1.54) is 12.1 Å². The van der Waals surface area contributed by atoms with Gasteiger partial charge in [-0.15, -0.1) is 0 Å². The molecule has 0 saturated heterocycles. The highest BCUT2D eigenvalue weighted by Crippen LogP contribution is 2.21. The molecular formula is C12H9BrClFN2O. The third kappa shape index (κ3) is 3.65. The zero-order valence-electron chi connectivity index (χ0n) is 9.45. The van der Waals surface area contributed by atoms with Gasteiger partial charge in [0, 0.05) is 16.2 Å². The summed E-state index contributed by atoms with van der Waals surface area (Å²) < 4.78 is 19.1. The highest BCUT2D eigenvalue weighted by Gasteiger charge is 2.04. The molecule has 94 valence electrons. The number of aryl methyl sites for hydroxylation is 1. The Hall–Kier alpha value is -1.20. The summed E-state index contributed by atoms with van der Waals surface area (Å²) in [6, 6.07) is 5.97. The second kappa shape index (κ2) is 5.63. The Balaban J connectivity index is 2.11. The largest absolute Gasteiger partial charge is 0.485 e. The molecule has 1 heterocycles. The van der Waals surface area contributed by atoms with Crippen LogP contribution < -0.4 is 4.74 Å². The summed E-state index contributed by atoms with van der Waals surface area (Å²) in [5.41, 5.74) is 0.758. The first-order valence-electron chi connectivity index (χ1n) is 5.12. The van der Waals surface area contributed by atoms with Crippen molar-refractivity contribution < 1.29 is 9.13 Å². The number of benzene rings is 1. The van der Waals surface area contributed by atoms with Crippen LogP contribution in [0.25, 0.3) is 0 Å². The number of hydrogen-bond donors (Lipinski definition) is 0. The van der Waals surface area contributed by atoms with Crippen LogP contribution in [0.15, 0.2) is 28.7 Å². The molecule has 0 aliphatic rings. The van der Waals surface area contributed by atoms with Gasteiger partial charge in [-0.3, -0.25) is 0 Å². The molecule has 0 aliphatic heterocycles. The Morgan fingerprint density at radius 3 is 2.72 bits per heavy atom. The van der Waals surface area contributed by atoms with Crippen molar-refractivity contribution in [1.29, 1.82) is 0 Å². The first kappa shape index (κ1) is 13.2. The first-order chi connectivity index (χ1) is 8.52. The molecular weight excluding hydrogens is 322 g/mol. The van der Waals surface area contributed by atoms with Crippen LogP contribution >= 0.6 is 27.5 Å². The molecule has 0 fully saturated rings. The fraction of sp³-hybridized carbons (Fsp3) is 0.167. The number of halogens is 3. The van der Waals surface area contributed by atoms with Gasteiger partial charge in [0.05, 0.1) is 0 Å². The highest BCUT2D eigenvalue weighted by molar-refractivity contribution is 9.10. The number of aromatic nitrogens is 2. The molecule has 3 nitrogen and oxygen atoms in total. The van der Waals surface area contributed by atoms with Crippen molar-refractivity contribution in [3.05, 3.63) is 51.2 Å². The van der Waals surface area contributed by atoms with Gasteiger partial charge < -0.3 is 4.74 Å². The Labute approximate surface area is 117 Å². The van der Waals surface area contributed by atoms with Crippen molar-refractivity contribution in [3.8, 4) is 5.75 Å². The summed E-state index contributed by atoms with van der Waals surface area (Å²) in [5.74, 6) is 0.492. The molecule has 0 N–H and O–H groups in total. The van der Waals surface area contributed by atoms with Gasteiger partial charge in [-0.05, 0) is 25.1 Å². The fourth-order valence-corrected chi connectivity index (χ4v) is 2.11. The molecule has 0 aliphatic carbocycles. The number of ether oxygens (including phenoxy) is 1. The summed E-state index contributed by atoms with van der Waals surface area (Å²) in [6.45, 7) is 1.95. The molecule has 0 amide bonds. The van der Waals surface area contributed by atoms with Crippen molar-refractivity contribution in [1.82, 2.24) is 9.97 Å². The minimum atomic E-state index is -0.373. The van der Waals surface area contributed by atoms with E-state index in [0.717, 1.165) is 5.69 Å². The molecule has 1 aromatic heterocycles. The monoisotopic (exact) mass is 330 g/mol. The molecule has 0 spiro atoms. The van der Waals surface area contributed by atoms with E-state index in [1.807, 2.05) is 6.92 Å². The van der Waals surface area contributed by atoms with E-state index < -0.39 is 0 Å². The van der Waals surface area contributed by atoms with Crippen LogP contribution in [0.5, 0.6) is 5.75 Å². The molecule has 18 heavy (non-hydrogen) atoms. The van der Waals surface area contributed by atoms with Gasteiger partial charge in [-0.1, -0.05) is 27.5 Å². The summed E-state index contributed by atoms with van der Waals surface area (Å²) in [4.78, 5) is 8.19. The Kier molecular flexibility index (Phi) is 4.14. The molecule has 6 heteroatoms. The average Bonchev–Trinajstić information content (AvgIpc) is 2.23. The van der Waals surface area contributed by atoms with Gasteiger partial charge >= 0.3 is 0 Å². The zero-order chi connectivity index (χ0) is 13.1. The van der Waals surface area contributed by atoms with E-state index in [1.54, 1.807) is 12.1 Å². The number of hydrogen-bond acceptors (Lipinski definition) is 3. The van der Waals surface area contributed by atoms with Gasteiger partial charge in [0.2, 0.25) is 0 Å². The number of nitrogens with zero attached hydrogens (tertiary/aromatic N) is 2. The predicted octanol–water partition coefficient (Wildman–Crippen LogP) is 3.92. The van der Waals surface area contributed by atoms with Crippen molar-refractivity contribution in [2.24, 2.45) is 0 Å². The normalized spacial score (nSPS) is 10.4. The van der Waals surface area contributed by atoms with Gasteiger partial charge in [0.15, 0.2) is 5.82 Å². The van der Waals surface area contributed by atoms with E-state index in [0.29, 0.717) is 21.2 Å². The molecule has 2 aromatic rings. The Morgan fingerprint density at radius 2 is 2.06 bits per heavy atom. The predicted molar refractivity (Wildman–Crippen MR) is 70.2 cm³/mol. The Bertz CT molecular complexity index is 488. The van der Waals surface area contributed by atoms with Crippen LogP contribution in [-0.2, 0) is 6.61 Å². The zero-order valence-corrected chi connectivity index (χ0v) is 11.8. The Morgan fingerprint density at radius 1 is 1.28 bits per heavy atom. The minimum Gasteiger partial charge on any atom is -0.485 e. The molecule has 0 bridgehead atoms. The van der Waals surface area contributed by atoms with Crippen LogP contribution in [0.2, 0.25) is 5.15 Å². The molecule has 1 aromatic carbocycles. The van der Waals surface area contributed by atoms with Crippen molar-refractivity contribution in [2.75, 3.05) is 0 Å². The lowest BCUT2D eigenvalue weighted by Crippen LogP contribution is -2.03. The maximum Gasteiger partial charge on any atom is 0.167 e. The van der Waals surface area contributed by atoms with E-state index in [2.05, 4.69) is 25.9 Å². The summed E-state index contributed by atoms with van der Waals surface area (Å²) in [6.07, 6.45) is 0. The molecule has 0 radical (unpaired) electrons. The van der Waals surface area contributed by atoms with Crippen LogP contribution in [0, 0.1) is 12.7 Å². The quantitative estimate of drug-likeness (QED) is 0.800. The van der Waals surface area contributed by atoms with E-state index >= 15 is 0 Å². The maximum atomic E-state index is 13.1. The van der Waals surface area contributed by atoms with E-state index in [-0.39, 0.29) is 12.4 Å². The lowest BCUT2D eigenvalue weighted by atomic mass is 10.3. The van der Waals surface area contributed by atoms with Gasteiger partial charge in [0.1, 0.15) is 23.3 Å². The highest BCUT2D eigenvalue weighted by atomic mass is 79.9. The molecule has 0 atom stereocenters. The van der Waals surface area contributed by atoms with Crippen LogP contribution in [0.4, 0.5) is 4.39 Å². The van der Waals surface area contributed by atoms with Crippen molar-refractivity contribution in [2.45, 2.75) is 13.5 Å². The van der Waals surface area contributed by atoms with E-state index in [4.69, 9.17) is 16.3 Å². The smallest absolute Gasteiger partial charge is 0.167 e. The molecule has 0 unspecified atom stereocenters. The molecule has 0 saturated carbocycles. The van der Waals surface area contributed by atoms with Gasteiger partial charge in [-0.2, -0.15) is 0 Å². The van der Waals surface area contributed by atoms with Crippen molar-refractivity contribution in [3.63, 3.8) is 0 Å². The topological polar surface area (TPSA) is 35.0 Å². The van der Waals surface area contributed by atoms with Gasteiger partial charge in [0.25, 0.3) is 0 Å². The van der Waals surface area contributed by atoms with Gasteiger partial charge in [-0.25, -0.2) is 14.4 Å². The first-order valence-corrected chi connectivity index (χ1v) is 6.29. The standard InChI is InChI=1S/C12H9BrClFN2O/c1-7-2-11(14)17-12(16-7)6-18-10-4-8(13)3-9(15)5-10/h2-5H,6H2,1H3. The van der Waals surface area contributed by atoms with E-state index in [9.17, 15) is 4.39 Å². The third-order valence-electron chi connectivity index (χ3n) is 2.07. The summed E-state index contributed by atoms with van der Waals surface area (Å²) in [5, 5.41) is 0.363. The summed E-state index contributed by atoms with van der Waals surface area (Å²) >= 11 is 9.00. The van der Waals surface area contributed by atoms with Crippen LogP contribution in [0.1, 0.15) is 11.5 Å². The third-order valence-corrected chi connectivity index (χ3v) is 2.72. The minimum absolute atomic E-state index is 0.136. The maximum absolute atomic E-state index is 13.1. The lowest BCUT2D eigenvalue weighted by Gasteiger charge is -2.06.